The number of likely N-dealkylation sites (tertiary alicyclic amines) is 1. The van der Waals surface area contributed by atoms with Gasteiger partial charge in [-0.3, -0.25) is 10.1 Å². The predicted octanol–water partition coefficient (Wildman–Crippen LogP) is 1.19. The number of carbonyl (C=O) groups is 3. The Hall–Kier alpha value is -2.09. The quantitative estimate of drug-likeness (QED) is 0.908. The summed E-state index contributed by atoms with van der Waals surface area (Å²) in [4.78, 5) is 37.3. The van der Waals surface area contributed by atoms with Crippen LogP contribution in [0.15, 0.2) is 17.5 Å². The van der Waals surface area contributed by atoms with Gasteiger partial charge in [0.25, 0.3) is 5.91 Å². The molecule has 2 fully saturated rings. The maximum absolute atomic E-state index is 11.9. The van der Waals surface area contributed by atoms with E-state index in [9.17, 15) is 14.4 Å². The Balaban J connectivity index is 1.45. The first-order valence-corrected chi connectivity index (χ1v) is 7.08. The molecule has 0 unspecified atom stereocenters. The van der Waals surface area contributed by atoms with Gasteiger partial charge >= 0.3 is 12.1 Å². The topological polar surface area (TPSA) is 79.0 Å². The zero-order valence-electron chi connectivity index (χ0n) is 10.6. The molecule has 2 aliphatic rings. The first-order chi connectivity index (χ1) is 9.63. The van der Waals surface area contributed by atoms with E-state index in [0.29, 0.717) is 19.6 Å². The molecule has 0 aromatic carbocycles. The Morgan fingerprint density at radius 3 is 2.85 bits per heavy atom. The number of nitrogens with one attached hydrogen (secondary N) is 1. The molecule has 106 valence electrons. The van der Waals surface area contributed by atoms with Crippen molar-refractivity contribution in [3.63, 3.8) is 0 Å². The van der Waals surface area contributed by atoms with Gasteiger partial charge in [-0.1, -0.05) is 0 Å². The molecule has 3 rings (SSSR count). The number of nitrogens with zero attached hydrogens (tertiary/aromatic N) is 2. The largest absolute Gasteiger partial charge is 0.439 e. The highest BCUT2D eigenvalue weighted by molar-refractivity contribution is 7.14. The van der Waals surface area contributed by atoms with E-state index in [-0.39, 0.29) is 24.5 Å². The zero-order chi connectivity index (χ0) is 14.1. The molecule has 1 aromatic heterocycles. The van der Waals surface area contributed by atoms with Gasteiger partial charge in [-0.2, -0.15) is 0 Å². The fraction of sp³-hybridized carbons (Fsp3) is 0.417. The van der Waals surface area contributed by atoms with Crippen molar-refractivity contribution in [3.8, 4) is 0 Å². The van der Waals surface area contributed by atoms with Gasteiger partial charge in [0.1, 0.15) is 0 Å². The summed E-state index contributed by atoms with van der Waals surface area (Å²) in [5.74, 6) is -0.185. The summed E-state index contributed by atoms with van der Waals surface area (Å²) in [6.07, 6.45) is -0.587. The second-order valence-corrected chi connectivity index (χ2v) is 5.69. The Kier molecular flexibility index (Phi) is 3.31. The summed E-state index contributed by atoms with van der Waals surface area (Å²) in [6.45, 7) is 1.22. The van der Waals surface area contributed by atoms with E-state index in [2.05, 4.69) is 10.1 Å². The summed E-state index contributed by atoms with van der Waals surface area (Å²) in [5.41, 5.74) is 0. The van der Waals surface area contributed by atoms with E-state index in [0.717, 1.165) is 9.90 Å². The Labute approximate surface area is 119 Å². The van der Waals surface area contributed by atoms with Crippen LogP contribution in [0.4, 0.5) is 14.6 Å². The van der Waals surface area contributed by atoms with E-state index < -0.39 is 6.09 Å². The minimum absolute atomic E-state index is 0.124. The molecule has 0 spiro atoms. The van der Waals surface area contributed by atoms with Crippen LogP contribution < -0.4 is 5.32 Å². The molecular weight excluding hydrogens is 282 g/mol. The number of hydrogen-bond acceptors (Lipinski definition) is 5. The number of anilines is 1. The summed E-state index contributed by atoms with van der Waals surface area (Å²) in [7, 11) is 0. The second-order valence-electron chi connectivity index (χ2n) is 4.74. The van der Waals surface area contributed by atoms with Crippen molar-refractivity contribution in [1.29, 1.82) is 0 Å². The monoisotopic (exact) mass is 295 g/mol. The molecule has 0 radical (unpaired) electrons. The number of hydrogen-bond donors (Lipinski definition) is 1. The molecule has 0 atom stereocenters. The average molecular weight is 295 g/mol. The normalized spacial score (nSPS) is 19.0. The molecule has 4 amide bonds. The van der Waals surface area contributed by atoms with E-state index in [1.54, 1.807) is 4.90 Å². The SMILES string of the molecule is O=C(Nc1cccs1)N1CC(CN2C(=O)COC2=O)C1. The third-order valence-corrected chi connectivity index (χ3v) is 4.06. The van der Waals surface area contributed by atoms with Crippen LogP contribution in [0.2, 0.25) is 0 Å². The predicted molar refractivity (Wildman–Crippen MR) is 71.5 cm³/mol. The number of rotatable bonds is 3. The zero-order valence-corrected chi connectivity index (χ0v) is 11.4. The van der Waals surface area contributed by atoms with Crippen LogP contribution in [0.3, 0.4) is 0 Å². The van der Waals surface area contributed by atoms with Crippen LogP contribution in [-0.4, -0.2) is 54.1 Å². The molecule has 0 aliphatic carbocycles. The molecular formula is C12H13N3O4S. The van der Waals surface area contributed by atoms with Gasteiger partial charge in [-0.15, -0.1) is 11.3 Å². The smallest absolute Gasteiger partial charge is 0.417 e. The number of amides is 4. The van der Waals surface area contributed by atoms with E-state index in [1.807, 2.05) is 17.5 Å². The lowest BCUT2D eigenvalue weighted by molar-refractivity contribution is -0.126. The number of imide groups is 1. The van der Waals surface area contributed by atoms with Crippen LogP contribution in [0.5, 0.6) is 0 Å². The molecule has 2 aliphatic heterocycles. The molecule has 3 heterocycles. The van der Waals surface area contributed by atoms with Gasteiger partial charge < -0.3 is 9.64 Å². The van der Waals surface area contributed by atoms with Crippen molar-refractivity contribution >= 4 is 34.4 Å². The summed E-state index contributed by atoms with van der Waals surface area (Å²) in [5, 5.41) is 5.48. The maximum atomic E-state index is 11.9. The lowest BCUT2D eigenvalue weighted by atomic mass is 10.0. The van der Waals surface area contributed by atoms with Crippen LogP contribution in [0.25, 0.3) is 0 Å². The fourth-order valence-electron chi connectivity index (χ4n) is 2.20. The number of carbonyl (C=O) groups excluding carboxylic acids is 3. The number of urea groups is 1. The van der Waals surface area contributed by atoms with E-state index in [1.165, 1.54) is 11.3 Å². The number of thiophene rings is 1. The van der Waals surface area contributed by atoms with Crippen molar-refractivity contribution < 1.29 is 19.1 Å². The third-order valence-electron chi connectivity index (χ3n) is 3.28. The Morgan fingerprint density at radius 2 is 2.25 bits per heavy atom. The van der Waals surface area contributed by atoms with Crippen LogP contribution in [0, 0.1) is 5.92 Å². The van der Waals surface area contributed by atoms with Crippen molar-refractivity contribution in [3.05, 3.63) is 17.5 Å². The minimum atomic E-state index is -0.587. The Morgan fingerprint density at radius 1 is 1.45 bits per heavy atom. The fourth-order valence-corrected chi connectivity index (χ4v) is 2.81. The molecule has 0 saturated carbocycles. The van der Waals surface area contributed by atoms with Crippen LogP contribution >= 0.6 is 11.3 Å². The van der Waals surface area contributed by atoms with Gasteiger partial charge in [0.15, 0.2) is 6.61 Å². The van der Waals surface area contributed by atoms with Gasteiger partial charge in [0.2, 0.25) is 0 Å². The van der Waals surface area contributed by atoms with Gasteiger partial charge in [0.05, 0.1) is 5.00 Å². The summed E-state index contributed by atoms with van der Waals surface area (Å²) < 4.78 is 4.64. The molecule has 2 saturated heterocycles. The maximum Gasteiger partial charge on any atom is 0.417 e. The molecule has 0 bridgehead atoms. The van der Waals surface area contributed by atoms with Gasteiger partial charge in [-0.25, -0.2) is 14.5 Å². The third kappa shape index (κ3) is 2.46. The van der Waals surface area contributed by atoms with Gasteiger partial charge in [0, 0.05) is 25.6 Å². The summed E-state index contributed by atoms with van der Waals surface area (Å²) in [6, 6.07) is 3.54. The lowest BCUT2D eigenvalue weighted by Crippen LogP contribution is -2.55. The molecule has 7 nitrogen and oxygen atoms in total. The van der Waals surface area contributed by atoms with E-state index >= 15 is 0 Å². The Bertz CT molecular complexity index is 523. The van der Waals surface area contributed by atoms with Crippen LogP contribution in [-0.2, 0) is 9.53 Å². The highest BCUT2D eigenvalue weighted by Crippen LogP contribution is 2.22. The first-order valence-electron chi connectivity index (χ1n) is 6.20. The molecule has 1 N–H and O–H groups in total. The standard InChI is InChI=1S/C12H13N3O4S/c16-10-7-19-12(18)15(10)6-8-4-14(5-8)11(17)13-9-2-1-3-20-9/h1-3,8H,4-7H2,(H,13,17). The molecule has 1 aromatic rings. The van der Waals surface area contributed by atoms with Crippen molar-refractivity contribution in [1.82, 2.24) is 9.80 Å². The molecule has 20 heavy (non-hydrogen) atoms. The number of ether oxygens (including phenoxy) is 1. The highest BCUT2D eigenvalue weighted by atomic mass is 32.1. The van der Waals surface area contributed by atoms with Crippen molar-refractivity contribution in [2.45, 2.75) is 0 Å². The van der Waals surface area contributed by atoms with Crippen LogP contribution in [0.1, 0.15) is 0 Å². The van der Waals surface area contributed by atoms with E-state index in [4.69, 9.17) is 0 Å². The van der Waals surface area contributed by atoms with Crippen molar-refractivity contribution in [2.75, 3.05) is 31.6 Å². The second kappa shape index (κ2) is 5.12. The minimum Gasteiger partial charge on any atom is -0.439 e. The average Bonchev–Trinajstić information content (AvgIpc) is 2.96. The van der Waals surface area contributed by atoms with Gasteiger partial charge in [-0.05, 0) is 17.5 Å². The lowest BCUT2D eigenvalue weighted by Gasteiger charge is -2.39. The van der Waals surface area contributed by atoms with Crippen molar-refractivity contribution in [2.24, 2.45) is 5.92 Å². The highest BCUT2D eigenvalue weighted by Gasteiger charge is 2.38. The first kappa shape index (κ1) is 12.9. The summed E-state index contributed by atoms with van der Waals surface area (Å²) >= 11 is 1.46. The number of cyclic esters (lactones) is 1. The molecule has 8 heteroatoms.